The molecule has 2 unspecified atom stereocenters. The van der Waals surface area contributed by atoms with Crippen molar-refractivity contribution in [2.75, 3.05) is 44.2 Å². The van der Waals surface area contributed by atoms with Crippen LogP contribution >= 0.6 is 0 Å². The van der Waals surface area contributed by atoms with Crippen molar-refractivity contribution in [1.29, 1.82) is 0 Å². The number of benzene rings is 2. The van der Waals surface area contributed by atoms with E-state index in [9.17, 15) is 0 Å². The zero-order valence-corrected chi connectivity index (χ0v) is 16.2. The SMILES string of the molecule is CCC1CCC(CCN2CCN(c3cccc4ccccc34)CC2)CN1. The first kappa shape index (κ1) is 17.8. The smallest absolute Gasteiger partial charge is 0.0446 e. The van der Waals surface area contributed by atoms with Crippen LogP contribution in [0.5, 0.6) is 0 Å². The Balaban J connectivity index is 1.28. The third kappa shape index (κ3) is 4.05. The standard InChI is InChI=1S/C23H33N3/c1-2-21-11-10-19(18-24-21)12-13-25-14-16-26(17-15-25)23-9-5-7-20-6-3-4-8-22(20)23/h3-9,19,21,24H,2,10-18H2,1H3. The molecule has 0 aliphatic carbocycles. The maximum atomic E-state index is 3.73. The van der Waals surface area contributed by atoms with Gasteiger partial charge < -0.3 is 10.2 Å². The third-order valence-electron chi connectivity index (χ3n) is 6.44. The van der Waals surface area contributed by atoms with Crippen molar-refractivity contribution in [3.05, 3.63) is 42.5 Å². The molecule has 2 heterocycles. The van der Waals surface area contributed by atoms with Gasteiger partial charge >= 0.3 is 0 Å². The van der Waals surface area contributed by atoms with Crippen molar-refractivity contribution >= 4 is 16.5 Å². The molecule has 4 rings (SSSR count). The van der Waals surface area contributed by atoms with Crippen molar-refractivity contribution in [3.8, 4) is 0 Å². The molecule has 0 aromatic heterocycles. The van der Waals surface area contributed by atoms with Gasteiger partial charge in [0.2, 0.25) is 0 Å². The highest BCUT2D eigenvalue weighted by Crippen LogP contribution is 2.27. The molecule has 2 aliphatic heterocycles. The van der Waals surface area contributed by atoms with Crippen LogP contribution in [0, 0.1) is 5.92 Å². The maximum Gasteiger partial charge on any atom is 0.0446 e. The largest absolute Gasteiger partial charge is 0.368 e. The molecule has 2 fully saturated rings. The van der Waals surface area contributed by atoms with Crippen LogP contribution in [0.1, 0.15) is 32.6 Å². The highest BCUT2D eigenvalue weighted by Gasteiger charge is 2.22. The first-order valence-electron chi connectivity index (χ1n) is 10.5. The van der Waals surface area contributed by atoms with Crippen LogP contribution in [0.15, 0.2) is 42.5 Å². The normalized spacial score (nSPS) is 24.9. The van der Waals surface area contributed by atoms with Crippen molar-refractivity contribution in [2.24, 2.45) is 5.92 Å². The minimum Gasteiger partial charge on any atom is -0.368 e. The Morgan fingerprint density at radius 3 is 2.54 bits per heavy atom. The van der Waals surface area contributed by atoms with Gasteiger partial charge in [-0.2, -0.15) is 0 Å². The van der Waals surface area contributed by atoms with Gasteiger partial charge in [-0.15, -0.1) is 0 Å². The van der Waals surface area contributed by atoms with Crippen molar-refractivity contribution in [1.82, 2.24) is 10.2 Å². The number of fused-ring (bicyclic) bond motifs is 1. The number of nitrogens with zero attached hydrogens (tertiary/aromatic N) is 2. The van der Waals surface area contributed by atoms with Crippen LogP contribution in [0.4, 0.5) is 5.69 Å². The zero-order chi connectivity index (χ0) is 17.8. The van der Waals surface area contributed by atoms with E-state index in [2.05, 4.69) is 64.5 Å². The zero-order valence-electron chi connectivity index (χ0n) is 16.2. The van der Waals surface area contributed by atoms with Crippen LogP contribution in [-0.4, -0.2) is 50.2 Å². The van der Waals surface area contributed by atoms with Gasteiger partial charge in [0.1, 0.15) is 0 Å². The molecule has 2 saturated heterocycles. The lowest BCUT2D eigenvalue weighted by molar-refractivity contribution is 0.215. The van der Waals surface area contributed by atoms with E-state index in [1.807, 2.05) is 0 Å². The Morgan fingerprint density at radius 2 is 1.77 bits per heavy atom. The Hall–Kier alpha value is -1.58. The Kier molecular flexibility index (Phi) is 5.76. The molecular formula is C23H33N3. The van der Waals surface area contributed by atoms with E-state index >= 15 is 0 Å². The molecular weight excluding hydrogens is 318 g/mol. The monoisotopic (exact) mass is 351 g/mol. The number of piperidine rings is 1. The van der Waals surface area contributed by atoms with Crippen LogP contribution in [0.2, 0.25) is 0 Å². The Bertz CT molecular complexity index is 692. The van der Waals surface area contributed by atoms with Gasteiger partial charge in [0.15, 0.2) is 0 Å². The summed E-state index contributed by atoms with van der Waals surface area (Å²) in [6, 6.07) is 16.2. The fraction of sp³-hybridized carbons (Fsp3) is 0.565. The van der Waals surface area contributed by atoms with Gasteiger partial charge in [-0.3, -0.25) is 4.90 Å². The molecule has 0 radical (unpaired) electrons. The quantitative estimate of drug-likeness (QED) is 0.874. The van der Waals surface area contributed by atoms with Crippen molar-refractivity contribution in [2.45, 2.75) is 38.6 Å². The molecule has 0 spiro atoms. The van der Waals surface area contributed by atoms with Crippen LogP contribution in [0.3, 0.4) is 0 Å². The first-order chi connectivity index (χ1) is 12.8. The lowest BCUT2D eigenvalue weighted by Gasteiger charge is -2.37. The summed E-state index contributed by atoms with van der Waals surface area (Å²) in [5.74, 6) is 0.883. The average Bonchev–Trinajstić information content (AvgIpc) is 2.72. The maximum absolute atomic E-state index is 3.73. The van der Waals surface area contributed by atoms with Crippen LogP contribution in [0.25, 0.3) is 10.8 Å². The number of nitrogens with one attached hydrogen (secondary N) is 1. The topological polar surface area (TPSA) is 18.5 Å². The predicted molar refractivity (Wildman–Crippen MR) is 112 cm³/mol. The minimum absolute atomic E-state index is 0.774. The average molecular weight is 352 g/mol. The van der Waals surface area contributed by atoms with Gasteiger partial charge in [-0.25, -0.2) is 0 Å². The molecule has 140 valence electrons. The highest BCUT2D eigenvalue weighted by molar-refractivity contribution is 5.94. The van der Waals surface area contributed by atoms with E-state index < -0.39 is 0 Å². The molecule has 3 heteroatoms. The number of piperazine rings is 1. The minimum atomic E-state index is 0.774. The molecule has 2 aromatic carbocycles. The summed E-state index contributed by atoms with van der Waals surface area (Å²) in [7, 11) is 0. The number of anilines is 1. The molecule has 2 aromatic rings. The van der Waals surface area contributed by atoms with E-state index in [4.69, 9.17) is 0 Å². The van der Waals surface area contributed by atoms with Gasteiger partial charge in [0.05, 0.1) is 0 Å². The van der Waals surface area contributed by atoms with E-state index in [0.29, 0.717) is 0 Å². The van der Waals surface area contributed by atoms with Crippen molar-refractivity contribution in [3.63, 3.8) is 0 Å². The first-order valence-corrected chi connectivity index (χ1v) is 10.5. The van der Waals surface area contributed by atoms with E-state index in [1.54, 1.807) is 0 Å². The molecule has 26 heavy (non-hydrogen) atoms. The molecule has 0 amide bonds. The predicted octanol–water partition coefficient (Wildman–Crippen LogP) is 4.13. The van der Waals surface area contributed by atoms with Gasteiger partial charge in [-0.05, 0) is 56.1 Å². The lowest BCUT2D eigenvalue weighted by Crippen LogP contribution is -2.47. The van der Waals surface area contributed by atoms with Gasteiger partial charge in [-0.1, -0.05) is 43.3 Å². The molecule has 2 aliphatic rings. The molecule has 1 N–H and O–H groups in total. The summed E-state index contributed by atoms with van der Waals surface area (Å²) in [6.07, 6.45) is 5.43. The van der Waals surface area contributed by atoms with Crippen molar-refractivity contribution < 1.29 is 0 Å². The molecule has 2 atom stereocenters. The van der Waals surface area contributed by atoms with Gasteiger partial charge in [0.25, 0.3) is 0 Å². The summed E-state index contributed by atoms with van der Waals surface area (Å²) in [5, 5.41) is 6.47. The summed E-state index contributed by atoms with van der Waals surface area (Å²) in [6.45, 7) is 9.49. The second-order valence-corrected chi connectivity index (χ2v) is 8.07. The van der Waals surface area contributed by atoms with Crippen LogP contribution < -0.4 is 10.2 Å². The fourth-order valence-corrected chi connectivity index (χ4v) is 4.63. The van der Waals surface area contributed by atoms with E-state index in [0.717, 1.165) is 25.0 Å². The summed E-state index contributed by atoms with van der Waals surface area (Å²) in [5.41, 5.74) is 1.41. The molecule has 3 nitrogen and oxygen atoms in total. The summed E-state index contributed by atoms with van der Waals surface area (Å²) in [4.78, 5) is 5.25. The summed E-state index contributed by atoms with van der Waals surface area (Å²) >= 11 is 0. The number of hydrogen-bond donors (Lipinski definition) is 1. The van der Waals surface area contributed by atoms with Gasteiger partial charge in [0, 0.05) is 43.3 Å². The summed E-state index contributed by atoms with van der Waals surface area (Å²) < 4.78 is 0. The third-order valence-corrected chi connectivity index (χ3v) is 6.44. The number of hydrogen-bond acceptors (Lipinski definition) is 3. The molecule has 0 bridgehead atoms. The van der Waals surface area contributed by atoms with E-state index in [-0.39, 0.29) is 0 Å². The van der Waals surface area contributed by atoms with E-state index in [1.165, 1.54) is 68.3 Å². The molecule has 0 saturated carbocycles. The highest BCUT2D eigenvalue weighted by atomic mass is 15.3. The Morgan fingerprint density at radius 1 is 0.962 bits per heavy atom. The second-order valence-electron chi connectivity index (χ2n) is 8.07. The lowest BCUT2D eigenvalue weighted by atomic mass is 9.91. The number of rotatable bonds is 5. The fourth-order valence-electron chi connectivity index (χ4n) is 4.63. The second kappa shape index (κ2) is 8.41. The Labute approximate surface area is 158 Å². The van der Waals surface area contributed by atoms with Crippen LogP contribution in [-0.2, 0) is 0 Å².